The highest BCUT2D eigenvalue weighted by molar-refractivity contribution is 7.09. The molecule has 3 aliphatic rings. The smallest absolute Gasteiger partial charge is 0.290 e. The summed E-state index contributed by atoms with van der Waals surface area (Å²) in [6, 6.07) is 0. The molecule has 0 aliphatic carbocycles. The molecule has 2 bridgehead atoms. The van der Waals surface area contributed by atoms with Crippen LogP contribution in [0.1, 0.15) is 50.7 Å². The summed E-state index contributed by atoms with van der Waals surface area (Å²) in [5, 5.41) is 13.5. The van der Waals surface area contributed by atoms with Crippen molar-refractivity contribution in [2.75, 3.05) is 19.6 Å². The van der Waals surface area contributed by atoms with Crippen molar-refractivity contribution in [3.05, 3.63) is 16.1 Å². The third-order valence-electron chi connectivity index (χ3n) is 6.27. The normalized spacial score (nSPS) is 30.1. The minimum atomic E-state index is -0.250. The first-order chi connectivity index (χ1) is 13.9. The number of likely N-dealkylation sites (tertiary alicyclic amines) is 1. The number of aromatic nitrogens is 1. The van der Waals surface area contributed by atoms with Crippen molar-refractivity contribution in [3.63, 3.8) is 0 Å². The maximum atomic E-state index is 12.1. The first-order valence-electron chi connectivity index (χ1n) is 10.6. The summed E-state index contributed by atoms with van der Waals surface area (Å²) >= 11 is 1.77. The molecule has 3 aliphatic heterocycles. The highest BCUT2D eigenvalue weighted by Gasteiger charge is 2.62. The fourth-order valence-electron chi connectivity index (χ4n) is 5.17. The minimum Gasteiger partial charge on any atom is -0.483 e. The standard InChI is InChI=1S/C20H31N3O2S.CH2O2/c1-4-19-22-14(11-26-19)9-23-10-16-15(8-21-18(24)7-13(2)3)17-5-6-20(16,12-23)25-17;2-1-3/h11,13,15-17H,4-10,12H2,1-3H3,(H,21,24);1H,(H,2,3)/t15-,16+,17+,20+;/m0./s1. The molecule has 3 fully saturated rings. The van der Waals surface area contributed by atoms with Crippen LogP contribution in [0.15, 0.2) is 5.38 Å². The van der Waals surface area contributed by atoms with E-state index in [0.29, 0.717) is 30.3 Å². The SMILES string of the molecule is CCc1nc(CN2C[C@@H]3[C@H](CNC(=O)CC(C)C)[C@H]4CC[C@]3(C2)O4)cs1.O=CO. The molecule has 0 radical (unpaired) electrons. The van der Waals surface area contributed by atoms with Crippen molar-refractivity contribution in [2.24, 2.45) is 17.8 Å². The van der Waals surface area contributed by atoms with Crippen LogP contribution in [0.3, 0.4) is 0 Å². The van der Waals surface area contributed by atoms with Gasteiger partial charge in [0, 0.05) is 49.8 Å². The molecule has 1 spiro atoms. The Balaban J connectivity index is 0.000000755. The number of carbonyl (C=O) groups is 2. The number of thiazole rings is 1. The number of rotatable bonds is 7. The van der Waals surface area contributed by atoms with E-state index in [1.54, 1.807) is 11.3 Å². The Labute approximate surface area is 176 Å². The van der Waals surface area contributed by atoms with Gasteiger partial charge in [-0.05, 0) is 25.2 Å². The molecule has 162 valence electrons. The summed E-state index contributed by atoms with van der Waals surface area (Å²) in [5.74, 6) is 1.60. The molecule has 0 aromatic carbocycles. The zero-order chi connectivity index (χ0) is 21.0. The van der Waals surface area contributed by atoms with Gasteiger partial charge in [0.05, 0.1) is 22.4 Å². The second kappa shape index (κ2) is 9.53. The van der Waals surface area contributed by atoms with Crippen molar-refractivity contribution in [1.82, 2.24) is 15.2 Å². The average Bonchev–Trinajstić information content (AvgIpc) is 3.40. The number of nitrogens with zero attached hydrogens (tertiary/aromatic N) is 2. The highest BCUT2D eigenvalue weighted by atomic mass is 32.1. The summed E-state index contributed by atoms with van der Waals surface area (Å²) < 4.78 is 6.49. The summed E-state index contributed by atoms with van der Waals surface area (Å²) in [6.07, 6.45) is 4.29. The van der Waals surface area contributed by atoms with Gasteiger partial charge in [0.15, 0.2) is 0 Å². The molecule has 1 aromatic heterocycles. The van der Waals surface area contributed by atoms with E-state index in [1.807, 2.05) is 0 Å². The van der Waals surface area contributed by atoms with Crippen LogP contribution in [0, 0.1) is 17.8 Å². The monoisotopic (exact) mass is 423 g/mol. The van der Waals surface area contributed by atoms with Gasteiger partial charge >= 0.3 is 0 Å². The molecule has 1 amide bonds. The molecule has 4 heterocycles. The molecule has 1 aromatic rings. The first kappa shape index (κ1) is 22.2. The Morgan fingerprint density at radius 3 is 2.97 bits per heavy atom. The maximum Gasteiger partial charge on any atom is 0.290 e. The minimum absolute atomic E-state index is 0.0295. The van der Waals surface area contributed by atoms with Crippen LogP contribution in [-0.2, 0) is 27.3 Å². The molecule has 3 saturated heterocycles. The topological polar surface area (TPSA) is 91.8 Å². The van der Waals surface area contributed by atoms with Crippen molar-refractivity contribution in [2.45, 2.75) is 64.7 Å². The number of fused-ring (bicyclic) bond motifs is 1. The van der Waals surface area contributed by atoms with Crippen LogP contribution in [-0.4, -0.2) is 58.7 Å². The predicted molar refractivity (Wildman–Crippen MR) is 112 cm³/mol. The lowest BCUT2D eigenvalue weighted by atomic mass is 9.73. The number of nitrogens with one attached hydrogen (secondary N) is 1. The van der Waals surface area contributed by atoms with Crippen LogP contribution in [0.25, 0.3) is 0 Å². The van der Waals surface area contributed by atoms with Gasteiger partial charge in [-0.1, -0.05) is 20.8 Å². The van der Waals surface area contributed by atoms with Gasteiger partial charge in [0.2, 0.25) is 5.91 Å². The van der Waals surface area contributed by atoms with E-state index in [2.05, 4.69) is 36.4 Å². The number of carbonyl (C=O) groups excluding carboxylic acids is 1. The Morgan fingerprint density at radius 2 is 2.31 bits per heavy atom. The van der Waals surface area contributed by atoms with Crippen LogP contribution in [0.4, 0.5) is 0 Å². The molecule has 7 nitrogen and oxygen atoms in total. The molecule has 0 unspecified atom stereocenters. The van der Waals surface area contributed by atoms with Gasteiger partial charge in [0.25, 0.3) is 6.47 Å². The van der Waals surface area contributed by atoms with Gasteiger partial charge in [-0.15, -0.1) is 11.3 Å². The molecule has 4 rings (SSSR count). The zero-order valence-corrected chi connectivity index (χ0v) is 18.4. The van der Waals surface area contributed by atoms with E-state index >= 15 is 0 Å². The third-order valence-corrected chi connectivity index (χ3v) is 7.31. The Kier molecular flexibility index (Phi) is 7.29. The van der Waals surface area contributed by atoms with E-state index in [0.717, 1.165) is 39.0 Å². The third kappa shape index (κ3) is 4.98. The summed E-state index contributed by atoms with van der Waals surface area (Å²) in [6.45, 7) is 9.87. The maximum absolute atomic E-state index is 12.1. The molecular formula is C21H33N3O4S. The summed E-state index contributed by atoms with van der Waals surface area (Å²) in [7, 11) is 0. The fourth-order valence-corrected chi connectivity index (χ4v) is 5.90. The molecular weight excluding hydrogens is 390 g/mol. The second-order valence-corrected chi connectivity index (χ2v) is 9.74. The van der Waals surface area contributed by atoms with E-state index < -0.39 is 0 Å². The fraction of sp³-hybridized carbons (Fsp3) is 0.762. The molecule has 0 saturated carbocycles. The Bertz CT molecular complexity index is 710. The van der Waals surface area contributed by atoms with Crippen molar-refractivity contribution >= 4 is 23.7 Å². The van der Waals surface area contributed by atoms with Gasteiger partial charge in [0.1, 0.15) is 0 Å². The molecule has 8 heteroatoms. The number of ether oxygens (including phenoxy) is 1. The quantitative estimate of drug-likeness (QED) is 0.655. The number of amides is 1. The summed E-state index contributed by atoms with van der Waals surface area (Å²) in [5.41, 5.74) is 1.22. The van der Waals surface area contributed by atoms with Crippen LogP contribution in [0.2, 0.25) is 0 Å². The lowest BCUT2D eigenvalue weighted by Crippen LogP contribution is -2.42. The van der Waals surface area contributed by atoms with Crippen LogP contribution >= 0.6 is 11.3 Å². The molecule has 4 atom stereocenters. The van der Waals surface area contributed by atoms with E-state index in [4.69, 9.17) is 19.6 Å². The number of hydrogen-bond acceptors (Lipinski definition) is 6. The van der Waals surface area contributed by atoms with Crippen LogP contribution < -0.4 is 5.32 Å². The lowest BCUT2D eigenvalue weighted by Gasteiger charge is -2.29. The molecule has 2 N–H and O–H groups in total. The van der Waals surface area contributed by atoms with E-state index in [-0.39, 0.29) is 18.0 Å². The van der Waals surface area contributed by atoms with E-state index in [9.17, 15) is 4.79 Å². The number of aryl methyl sites for hydroxylation is 1. The summed E-state index contributed by atoms with van der Waals surface area (Å²) in [4.78, 5) is 27.7. The van der Waals surface area contributed by atoms with Crippen LogP contribution in [0.5, 0.6) is 0 Å². The average molecular weight is 424 g/mol. The Hall–Kier alpha value is -1.51. The predicted octanol–water partition coefficient (Wildman–Crippen LogP) is 2.55. The van der Waals surface area contributed by atoms with E-state index in [1.165, 1.54) is 17.1 Å². The first-order valence-corrected chi connectivity index (χ1v) is 11.5. The van der Waals surface area contributed by atoms with Gasteiger partial charge in [-0.2, -0.15) is 0 Å². The largest absolute Gasteiger partial charge is 0.483 e. The van der Waals surface area contributed by atoms with Crippen molar-refractivity contribution in [3.8, 4) is 0 Å². The zero-order valence-electron chi connectivity index (χ0n) is 17.6. The Morgan fingerprint density at radius 1 is 1.55 bits per heavy atom. The van der Waals surface area contributed by atoms with Gasteiger partial charge in [-0.3, -0.25) is 14.5 Å². The van der Waals surface area contributed by atoms with Gasteiger partial charge in [-0.25, -0.2) is 4.98 Å². The lowest BCUT2D eigenvalue weighted by molar-refractivity contribution is -0.123. The van der Waals surface area contributed by atoms with Crippen molar-refractivity contribution in [1.29, 1.82) is 0 Å². The van der Waals surface area contributed by atoms with Crippen molar-refractivity contribution < 1.29 is 19.4 Å². The van der Waals surface area contributed by atoms with Gasteiger partial charge < -0.3 is 15.2 Å². The second-order valence-electron chi connectivity index (χ2n) is 8.79. The number of hydrogen-bond donors (Lipinski definition) is 2. The molecule has 29 heavy (non-hydrogen) atoms. The highest BCUT2D eigenvalue weighted by Crippen LogP contribution is 2.54. The number of carboxylic acid groups (broad SMARTS) is 1.